The number of halogens is 2. The van der Waals surface area contributed by atoms with Crippen LogP contribution in [-0.2, 0) is 5.11 Å². The fourth-order valence-electron chi connectivity index (χ4n) is 0.493. The minimum Gasteiger partial charge on any atom is -0.233 e. The molecule has 0 aromatic rings. The second-order valence-corrected chi connectivity index (χ2v) is 3.07. The van der Waals surface area contributed by atoms with E-state index >= 15 is 0 Å². The first-order valence-electron chi connectivity index (χ1n) is 3.02. The van der Waals surface area contributed by atoms with Gasteiger partial charge in [0, 0.05) is 11.3 Å². The number of rotatable bonds is 4. The molecule has 0 rings (SSSR count). The van der Waals surface area contributed by atoms with E-state index in [0.29, 0.717) is 12.3 Å². The van der Waals surface area contributed by atoms with Gasteiger partial charge in [0.15, 0.2) is 0 Å². The van der Waals surface area contributed by atoms with Gasteiger partial charge in [0.1, 0.15) is 0 Å². The molecule has 0 amide bonds. The first-order valence-corrected chi connectivity index (χ1v) is 3.99. The molecule has 0 aromatic carbocycles. The van der Waals surface area contributed by atoms with E-state index in [1.165, 1.54) is 0 Å². The predicted octanol–water partition coefficient (Wildman–Crippen LogP) is 2.43. The summed E-state index contributed by atoms with van der Waals surface area (Å²) >= 11 is 11.0. The molecule has 0 bridgehead atoms. The maximum Gasteiger partial charge on any atom is 0.0902 e. The lowest BCUT2D eigenvalue weighted by Gasteiger charge is -2.04. The zero-order valence-corrected chi connectivity index (χ0v) is 6.95. The molecule has 0 aliphatic rings. The molecule has 0 heterocycles. The molecule has 55 valence electrons. The summed E-state index contributed by atoms with van der Waals surface area (Å²) < 4.78 is 0. The molecule has 0 N–H and O–H groups in total. The van der Waals surface area contributed by atoms with Crippen molar-refractivity contribution < 1.29 is 5.11 Å². The highest BCUT2D eigenvalue weighted by atomic mass is 35.5. The maximum atomic E-state index is 10.4. The highest BCUT2D eigenvalue weighted by Crippen LogP contribution is 2.08. The van der Waals surface area contributed by atoms with Gasteiger partial charge >= 0.3 is 0 Å². The standard InChI is InChI=1S/C6H11Cl2O/c1-5(9)2-3-6(8)4-7/h5-6H,2-4H2,1H3. The van der Waals surface area contributed by atoms with E-state index in [9.17, 15) is 5.11 Å². The van der Waals surface area contributed by atoms with Crippen molar-refractivity contribution >= 4 is 23.2 Å². The van der Waals surface area contributed by atoms with Crippen molar-refractivity contribution in [3.8, 4) is 0 Å². The van der Waals surface area contributed by atoms with Gasteiger partial charge in [-0.1, -0.05) is 0 Å². The van der Waals surface area contributed by atoms with Gasteiger partial charge < -0.3 is 0 Å². The molecular formula is C6H11Cl2O. The summed E-state index contributed by atoms with van der Waals surface area (Å²) in [5, 5.41) is 10.4. The van der Waals surface area contributed by atoms with Crippen molar-refractivity contribution in [1.82, 2.24) is 0 Å². The topological polar surface area (TPSA) is 19.9 Å². The summed E-state index contributed by atoms with van der Waals surface area (Å²) in [7, 11) is 0. The minimum atomic E-state index is -0.505. The van der Waals surface area contributed by atoms with E-state index in [4.69, 9.17) is 23.2 Å². The third kappa shape index (κ3) is 6.42. The third-order valence-corrected chi connectivity index (χ3v) is 1.96. The summed E-state index contributed by atoms with van der Waals surface area (Å²) in [5.74, 6) is 0.439. The number of alkyl halides is 2. The maximum absolute atomic E-state index is 10.4. The smallest absolute Gasteiger partial charge is 0.0902 e. The average Bonchev–Trinajstić information content (AvgIpc) is 1.83. The van der Waals surface area contributed by atoms with Crippen molar-refractivity contribution in [3.05, 3.63) is 0 Å². The lowest BCUT2D eigenvalue weighted by molar-refractivity contribution is 0.0958. The van der Waals surface area contributed by atoms with Crippen LogP contribution in [0, 0.1) is 0 Å². The molecule has 2 unspecified atom stereocenters. The molecule has 0 fully saturated rings. The molecule has 1 nitrogen and oxygen atoms in total. The summed E-state index contributed by atoms with van der Waals surface area (Å²) in [6.45, 7) is 1.64. The van der Waals surface area contributed by atoms with Gasteiger partial charge in [0.05, 0.1) is 6.10 Å². The quantitative estimate of drug-likeness (QED) is 0.577. The molecule has 0 saturated heterocycles. The molecule has 0 aliphatic carbocycles. The van der Waals surface area contributed by atoms with E-state index in [1.807, 2.05) is 0 Å². The Kier molecular flexibility index (Phi) is 5.65. The Labute approximate surface area is 66.0 Å². The summed E-state index contributed by atoms with van der Waals surface area (Å²) in [4.78, 5) is 0. The van der Waals surface area contributed by atoms with Crippen LogP contribution in [0.4, 0.5) is 0 Å². The number of hydrogen-bond donors (Lipinski definition) is 0. The molecule has 2 atom stereocenters. The van der Waals surface area contributed by atoms with Crippen molar-refractivity contribution in [2.24, 2.45) is 0 Å². The van der Waals surface area contributed by atoms with Gasteiger partial charge in [-0.3, -0.25) is 0 Å². The first-order chi connectivity index (χ1) is 4.16. The SMILES string of the molecule is CC([O])CCC(Cl)CCl. The molecule has 0 aliphatic heterocycles. The largest absolute Gasteiger partial charge is 0.233 e. The first kappa shape index (κ1) is 9.54. The van der Waals surface area contributed by atoms with Crippen LogP contribution in [0.5, 0.6) is 0 Å². The van der Waals surface area contributed by atoms with Crippen molar-refractivity contribution in [3.63, 3.8) is 0 Å². The van der Waals surface area contributed by atoms with Crippen LogP contribution >= 0.6 is 23.2 Å². The lowest BCUT2D eigenvalue weighted by atomic mass is 10.2. The fourth-order valence-corrected chi connectivity index (χ4v) is 0.773. The van der Waals surface area contributed by atoms with Crippen LogP contribution in [0.15, 0.2) is 0 Å². The molecule has 0 aromatic heterocycles. The zero-order chi connectivity index (χ0) is 7.28. The molecule has 0 saturated carbocycles. The van der Waals surface area contributed by atoms with E-state index in [1.54, 1.807) is 6.92 Å². The highest BCUT2D eigenvalue weighted by Gasteiger charge is 2.04. The Morgan fingerprint density at radius 2 is 2.00 bits per heavy atom. The van der Waals surface area contributed by atoms with Gasteiger partial charge in [-0.05, 0) is 19.8 Å². The van der Waals surface area contributed by atoms with Crippen LogP contribution in [0.25, 0.3) is 0 Å². The van der Waals surface area contributed by atoms with Gasteiger partial charge in [0.25, 0.3) is 0 Å². The van der Waals surface area contributed by atoms with E-state index in [0.717, 1.165) is 6.42 Å². The highest BCUT2D eigenvalue weighted by molar-refractivity contribution is 6.28. The third-order valence-electron chi connectivity index (χ3n) is 1.05. The fraction of sp³-hybridized carbons (Fsp3) is 1.00. The van der Waals surface area contributed by atoms with Crippen LogP contribution in [0.3, 0.4) is 0 Å². The number of hydrogen-bond acceptors (Lipinski definition) is 0. The predicted molar refractivity (Wildman–Crippen MR) is 39.7 cm³/mol. The second-order valence-electron chi connectivity index (χ2n) is 2.14. The van der Waals surface area contributed by atoms with Gasteiger partial charge in [-0.15, -0.1) is 23.2 Å². The Morgan fingerprint density at radius 3 is 2.33 bits per heavy atom. The monoisotopic (exact) mass is 169 g/mol. The van der Waals surface area contributed by atoms with Crippen LogP contribution in [0.1, 0.15) is 19.8 Å². The van der Waals surface area contributed by atoms with Crippen molar-refractivity contribution in [1.29, 1.82) is 0 Å². The normalized spacial score (nSPS) is 17.3. The summed E-state index contributed by atoms with van der Waals surface area (Å²) in [6, 6.07) is 0. The molecule has 3 heteroatoms. The van der Waals surface area contributed by atoms with Crippen molar-refractivity contribution in [2.75, 3.05) is 5.88 Å². The van der Waals surface area contributed by atoms with Crippen LogP contribution in [-0.4, -0.2) is 17.4 Å². The van der Waals surface area contributed by atoms with E-state index in [2.05, 4.69) is 0 Å². The molecular weight excluding hydrogens is 159 g/mol. The Balaban J connectivity index is 3.06. The molecule has 0 spiro atoms. The zero-order valence-electron chi connectivity index (χ0n) is 5.44. The van der Waals surface area contributed by atoms with E-state index < -0.39 is 6.10 Å². The summed E-state index contributed by atoms with van der Waals surface area (Å²) in [5.41, 5.74) is 0. The molecule has 9 heavy (non-hydrogen) atoms. The van der Waals surface area contributed by atoms with Gasteiger partial charge in [-0.2, -0.15) is 0 Å². The van der Waals surface area contributed by atoms with Gasteiger partial charge in [0.2, 0.25) is 0 Å². The minimum absolute atomic E-state index is 0.0249. The Bertz CT molecular complexity index is 66.1. The average molecular weight is 170 g/mol. The molecule has 1 radical (unpaired) electrons. The van der Waals surface area contributed by atoms with Crippen molar-refractivity contribution in [2.45, 2.75) is 31.2 Å². The van der Waals surface area contributed by atoms with E-state index in [-0.39, 0.29) is 5.38 Å². The van der Waals surface area contributed by atoms with Crippen LogP contribution < -0.4 is 0 Å². The Morgan fingerprint density at radius 1 is 1.44 bits per heavy atom. The summed E-state index contributed by atoms with van der Waals surface area (Å²) in [6.07, 6.45) is 0.853. The second kappa shape index (κ2) is 5.33. The Hall–Kier alpha value is 0.540. The van der Waals surface area contributed by atoms with Crippen LogP contribution in [0.2, 0.25) is 0 Å². The van der Waals surface area contributed by atoms with Gasteiger partial charge in [-0.25, -0.2) is 5.11 Å². The lowest BCUT2D eigenvalue weighted by Crippen LogP contribution is -2.05.